The van der Waals surface area contributed by atoms with Crippen molar-refractivity contribution in [3.63, 3.8) is 0 Å². The van der Waals surface area contributed by atoms with E-state index in [9.17, 15) is 4.79 Å². The van der Waals surface area contributed by atoms with Crippen molar-refractivity contribution in [3.05, 3.63) is 102 Å². The van der Waals surface area contributed by atoms with Gasteiger partial charge in [-0.3, -0.25) is 15.0 Å². The van der Waals surface area contributed by atoms with Crippen molar-refractivity contribution in [2.24, 2.45) is 0 Å². The van der Waals surface area contributed by atoms with Crippen LogP contribution >= 0.6 is 27.7 Å². The summed E-state index contributed by atoms with van der Waals surface area (Å²) in [4.78, 5) is 21.7. The van der Waals surface area contributed by atoms with Crippen molar-refractivity contribution in [3.8, 4) is 0 Å². The van der Waals surface area contributed by atoms with Crippen molar-refractivity contribution >= 4 is 44.4 Å². The molecule has 0 radical (unpaired) electrons. The molecular formula is C29H30BrN3O2S. The van der Waals surface area contributed by atoms with Gasteiger partial charge in [-0.1, -0.05) is 82.7 Å². The molecule has 0 spiro atoms. The Bertz CT molecular complexity index is 1280. The van der Waals surface area contributed by atoms with E-state index in [1.54, 1.807) is 18.9 Å². The van der Waals surface area contributed by atoms with Crippen LogP contribution in [0.3, 0.4) is 0 Å². The number of rotatable bonds is 9. The zero-order valence-corrected chi connectivity index (χ0v) is 22.6. The third-order valence-corrected chi connectivity index (χ3v) is 9.05. The van der Waals surface area contributed by atoms with E-state index in [-0.39, 0.29) is 5.78 Å². The Hall–Kier alpha value is -2.42. The number of nitrogens with zero attached hydrogens (tertiary/aromatic N) is 1. The van der Waals surface area contributed by atoms with Gasteiger partial charge in [-0.25, -0.2) is 0 Å². The predicted molar refractivity (Wildman–Crippen MR) is 151 cm³/mol. The average Bonchev–Trinajstić information content (AvgIpc) is 3.37. The Morgan fingerprint density at radius 2 is 1.72 bits per heavy atom. The largest absolute Gasteiger partial charge is 0.360 e. The molecule has 1 aliphatic heterocycles. The summed E-state index contributed by atoms with van der Waals surface area (Å²) in [6.45, 7) is 2.07. The van der Waals surface area contributed by atoms with Gasteiger partial charge in [-0.2, -0.15) is 0 Å². The number of Topliss-reactive ketones (excluding diaryl/α,β-unsaturated/α-hetero) is 1. The predicted octanol–water partition coefficient (Wildman–Crippen LogP) is 5.72. The van der Waals surface area contributed by atoms with E-state index < -0.39 is 11.3 Å². The van der Waals surface area contributed by atoms with Crippen LogP contribution in [0.25, 0.3) is 10.9 Å². The van der Waals surface area contributed by atoms with E-state index in [1.807, 2.05) is 66.7 Å². The van der Waals surface area contributed by atoms with Gasteiger partial charge in [0, 0.05) is 53.6 Å². The highest BCUT2D eigenvalue weighted by Gasteiger charge is 2.62. The topological polar surface area (TPSA) is 57.4 Å². The molecule has 36 heavy (non-hydrogen) atoms. The summed E-state index contributed by atoms with van der Waals surface area (Å²) in [7, 11) is 1.70. The van der Waals surface area contributed by atoms with Crippen LogP contribution in [0.4, 0.5) is 0 Å². The second kappa shape index (κ2) is 10.9. The molecule has 4 aromatic rings. The first-order valence-corrected chi connectivity index (χ1v) is 14.2. The normalized spacial score (nSPS) is 22.6. The molecule has 5 nitrogen and oxygen atoms in total. The summed E-state index contributed by atoms with van der Waals surface area (Å²) in [5, 5.41) is 5.08. The van der Waals surface area contributed by atoms with Crippen LogP contribution in [-0.4, -0.2) is 58.2 Å². The van der Waals surface area contributed by atoms with Gasteiger partial charge in [0.2, 0.25) is 5.78 Å². The number of H-pyrrole nitrogens is 1. The standard InChI is InChI=1S/C29H30BrN3O2S/c1-35-29(20-30)28(21-36-24-13-6-3-7-14-24,27(34)26-18-23-12-8-9-15-25(23)32-26)33(17-16-31-29)19-22-10-4-2-5-11-22/h2-15,18,31-32H,16-17,19-21H2,1H3. The molecular weight excluding hydrogens is 534 g/mol. The van der Waals surface area contributed by atoms with E-state index in [1.165, 1.54) is 0 Å². The molecule has 2 atom stereocenters. The molecule has 3 aromatic carbocycles. The van der Waals surface area contributed by atoms with Gasteiger partial charge in [0.15, 0.2) is 5.72 Å². The number of piperazine rings is 1. The summed E-state index contributed by atoms with van der Waals surface area (Å²) in [5.41, 5.74) is 0.773. The Labute approximate surface area is 224 Å². The fraction of sp³-hybridized carbons (Fsp3) is 0.276. The van der Waals surface area contributed by atoms with Crippen LogP contribution in [0.5, 0.6) is 0 Å². The van der Waals surface area contributed by atoms with Crippen LogP contribution in [0.2, 0.25) is 0 Å². The number of hydrogen-bond donors (Lipinski definition) is 2. The number of alkyl halides is 1. The van der Waals surface area contributed by atoms with E-state index in [4.69, 9.17) is 4.74 Å². The Morgan fingerprint density at radius 3 is 2.42 bits per heavy atom. The molecule has 2 unspecified atom stereocenters. The van der Waals surface area contributed by atoms with E-state index in [0.717, 1.165) is 21.4 Å². The van der Waals surface area contributed by atoms with Gasteiger partial charge >= 0.3 is 0 Å². The lowest BCUT2D eigenvalue weighted by Gasteiger charge is -2.57. The van der Waals surface area contributed by atoms with Gasteiger partial charge in [-0.05, 0) is 29.8 Å². The number of fused-ring (bicyclic) bond motifs is 1. The molecule has 2 N–H and O–H groups in total. The fourth-order valence-corrected chi connectivity index (χ4v) is 7.34. The number of ketones is 1. The zero-order chi connectivity index (χ0) is 25.0. The fourth-order valence-electron chi connectivity index (χ4n) is 5.18. The Morgan fingerprint density at radius 1 is 1.03 bits per heavy atom. The highest BCUT2D eigenvalue weighted by molar-refractivity contribution is 9.09. The van der Waals surface area contributed by atoms with E-state index >= 15 is 0 Å². The summed E-state index contributed by atoms with van der Waals surface area (Å²) in [5.74, 6) is 0.538. The van der Waals surface area contributed by atoms with Crippen LogP contribution in [0.15, 0.2) is 95.9 Å². The smallest absolute Gasteiger partial charge is 0.204 e. The average molecular weight is 565 g/mol. The third kappa shape index (κ3) is 4.55. The molecule has 0 amide bonds. The van der Waals surface area contributed by atoms with Crippen molar-refractivity contribution in [1.29, 1.82) is 0 Å². The first-order chi connectivity index (χ1) is 17.6. The van der Waals surface area contributed by atoms with Crippen LogP contribution in [0, 0.1) is 0 Å². The third-order valence-electron chi connectivity index (χ3n) is 7.09. The van der Waals surface area contributed by atoms with Crippen molar-refractivity contribution < 1.29 is 9.53 Å². The van der Waals surface area contributed by atoms with Crippen molar-refractivity contribution in [2.75, 3.05) is 31.3 Å². The monoisotopic (exact) mass is 563 g/mol. The number of para-hydroxylation sites is 1. The molecule has 5 rings (SSSR count). The number of carbonyl (C=O) groups is 1. The number of aromatic nitrogens is 1. The molecule has 186 valence electrons. The minimum Gasteiger partial charge on any atom is -0.360 e. The molecule has 0 bridgehead atoms. The summed E-state index contributed by atoms with van der Waals surface area (Å²) >= 11 is 5.42. The summed E-state index contributed by atoms with van der Waals surface area (Å²) in [6.07, 6.45) is 0. The lowest BCUT2D eigenvalue weighted by Crippen LogP contribution is -2.80. The maximum atomic E-state index is 14.8. The van der Waals surface area contributed by atoms with Crippen LogP contribution in [0.1, 0.15) is 16.1 Å². The SMILES string of the molecule is COC1(CBr)NCCN(Cc2ccccc2)C1(CSc1ccccc1)C(=O)c1cc2ccccc2[nH]1. The lowest BCUT2D eigenvalue weighted by molar-refractivity contribution is -0.136. The lowest BCUT2D eigenvalue weighted by atomic mass is 9.79. The second-order valence-corrected chi connectivity index (χ2v) is 10.7. The minimum absolute atomic E-state index is 0.0200. The highest BCUT2D eigenvalue weighted by Crippen LogP contribution is 2.42. The number of benzene rings is 3. The summed E-state index contributed by atoms with van der Waals surface area (Å²) < 4.78 is 6.27. The first-order valence-electron chi connectivity index (χ1n) is 12.1. The maximum Gasteiger partial charge on any atom is 0.204 e. The van der Waals surface area contributed by atoms with E-state index in [0.29, 0.717) is 36.4 Å². The molecule has 1 aliphatic rings. The van der Waals surface area contributed by atoms with Gasteiger partial charge in [0.1, 0.15) is 5.54 Å². The van der Waals surface area contributed by atoms with Gasteiger partial charge in [0.05, 0.1) is 5.69 Å². The highest BCUT2D eigenvalue weighted by atomic mass is 79.9. The number of ether oxygens (including phenoxy) is 1. The molecule has 0 saturated carbocycles. The molecule has 1 aromatic heterocycles. The number of hydrogen-bond acceptors (Lipinski definition) is 5. The maximum absolute atomic E-state index is 14.8. The number of carbonyl (C=O) groups excluding carboxylic acids is 1. The minimum atomic E-state index is -0.999. The van der Waals surface area contributed by atoms with Gasteiger partial charge < -0.3 is 9.72 Å². The van der Waals surface area contributed by atoms with Gasteiger partial charge in [-0.15, -0.1) is 11.8 Å². The van der Waals surface area contributed by atoms with Crippen LogP contribution < -0.4 is 5.32 Å². The number of halogens is 1. The van der Waals surface area contributed by atoms with Crippen molar-refractivity contribution in [1.82, 2.24) is 15.2 Å². The quantitative estimate of drug-likeness (QED) is 0.155. The Balaban J connectivity index is 1.66. The number of nitrogens with one attached hydrogen (secondary N) is 2. The molecule has 1 fully saturated rings. The zero-order valence-electron chi connectivity index (χ0n) is 20.2. The Kier molecular flexibility index (Phi) is 7.65. The second-order valence-electron chi connectivity index (χ2n) is 9.06. The number of thioether (sulfide) groups is 1. The summed E-state index contributed by atoms with van der Waals surface area (Å²) in [6, 6.07) is 30.6. The molecule has 1 saturated heterocycles. The van der Waals surface area contributed by atoms with E-state index in [2.05, 4.69) is 55.4 Å². The molecule has 2 heterocycles. The number of aromatic amines is 1. The van der Waals surface area contributed by atoms with Crippen molar-refractivity contribution in [2.45, 2.75) is 22.7 Å². The van der Waals surface area contributed by atoms with Gasteiger partial charge in [0.25, 0.3) is 0 Å². The first kappa shape index (κ1) is 25.2. The van der Waals surface area contributed by atoms with Crippen LogP contribution in [-0.2, 0) is 11.3 Å². The number of methoxy groups -OCH3 is 1. The molecule has 0 aliphatic carbocycles. The molecule has 7 heteroatoms.